The second-order valence-electron chi connectivity index (χ2n) is 4.95. The van der Waals surface area contributed by atoms with Crippen molar-refractivity contribution in [3.8, 4) is 0 Å². The van der Waals surface area contributed by atoms with Crippen LogP contribution in [0.1, 0.15) is 11.1 Å². The summed E-state index contributed by atoms with van der Waals surface area (Å²) in [7, 11) is -1.95. The van der Waals surface area contributed by atoms with Gasteiger partial charge in [-0.1, -0.05) is 6.07 Å². The SMILES string of the molecule is Cc1cc(S(=O)(=O)N2CCN(C)C(=O)C2)ccc1CN. The summed E-state index contributed by atoms with van der Waals surface area (Å²) >= 11 is 0. The number of carbonyl (C=O) groups is 1. The van der Waals surface area contributed by atoms with Gasteiger partial charge in [-0.15, -0.1) is 0 Å². The van der Waals surface area contributed by atoms with Gasteiger partial charge in [0.05, 0.1) is 11.4 Å². The van der Waals surface area contributed by atoms with E-state index in [1.54, 1.807) is 25.2 Å². The molecule has 0 unspecified atom stereocenters. The number of nitrogens with zero attached hydrogens (tertiary/aromatic N) is 2. The zero-order valence-electron chi connectivity index (χ0n) is 11.7. The lowest BCUT2D eigenvalue weighted by Crippen LogP contribution is -2.50. The fourth-order valence-electron chi connectivity index (χ4n) is 2.15. The van der Waals surface area contributed by atoms with E-state index >= 15 is 0 Å². The van der Waals surface area contributed by atoms with Crippen LogP contribution in [0.4, 0.5) is 0 Å². The lowest BCUT2D eigenvalue weighted by atomic mass is 10.1. The third-order valence-electron chi connectivity index (χ3n) is 3.59. The summed E-state index contributed by atoms with van der Waals surface area (Å²) in [6.45, 7) is 2.84. The van der Waals surface area contributed by atoms with Gasteiger partial charge in [-0.25, -0.2) is 8.42 Å². The average molecular weight is 297 g/mol. The van der Waals surface area contributed by atoms with E-state index in [0.29, 0.717) is 19.6 Å². The Morgan fingerprint density at radius 3 is 2.55 bits per heavy atom. The molecule has 7 heteroatoms. The lowest BCUT2D eigenvalue weighted by molar-refractivity contribution is -0.132. The third-order valence-corrected chi connectivity index (χ3v) is 5.44. The molecule has 1 aromatic carbocycles. The van der Waals surface area contributed by atoms with Crippen LogP contribution < -0.4 is 5.73 Å². The Bertz CT molecular complexity index is 628. The van der Waals surface area contributed by atoms with Gasteiger partial charge in [-0.3, -0.25) is 4.79 Å². The van der Waals surface area contributed by atoms with Crippen LogP contribution in [-0.2, 0) is 21.4 Å². The number of benzene rings is 1. The minimum absolute atomic E-state index is 0.101. The van der Waals surface area contributed by atoms with Gasteiger partial charge in [0.25, 0.3) is 0 Å². The van der Waals surface area contributed by atoms with Gasteiger partial charge in [0.15, 0.2) is 0 Å². The average Bonchev–Trinajstić information content (AvgIpc) is 2.41. The summed E-state index contributed by atoms with van der Waals surface area (Å²) in [5, 5.41) is 0. The molecule has 1 saturated heterocycles. The number of amides is 1. The Labute approximate surface area is 119 Å². The number of carbonyl (C=O) groups excluding carboxylic acids is 1. The number of likely N-dealkylation sites (N-methyl/N-ethyl adjacent to an activating group) is 1. The predicted octanol–water partition coefficient (Wildman–Crippen LogP) is -0.0836. The molecule has 0 saturated carbocycles. The minimum atomic E-state index is -3.62. The topological polar surface area (TPSA) is 83.7 Å². The van der Waals surface area contributed by atoms with E-state index in [1.165, 1.54) is 9.21 Å². The maximum absolute atomic E-state index is 12.5. The molecular formula is C13H19N3O3S. The van der Waals surface area contributed by atoms with Crippen LogP contribution in [0, 0.1) is 6.92 Å². The van der Waals surface area contributed by atoms with Crippen molar-refractivity contribution in [2.24, 2.45) is 5.73 Å². The molecule has 1 heterocycles. The molecule has 20 heavy (non-hydrogen) atoms. The second kappa shape index (κ2) is 5.51. The fourth-order valence-corrected chi connectivity index (χ4v) is 3.62. The van der Waals surface area contributed by atoms with Crippen LogP contribution in [0.25, 0.3) is 0 Å². The molecule has 0 bridgehead atoms. The summed E-state index contributed by atoms with van der Waals surface area (Å²) in [5.74, 6) is -0.185. The number of piperazine rings is 1. The van der Waals surface area contributed by atoms with E-state index in [1.807, 2.05) is 6.92 Å². The molecule has 6 nitrogen and oxygen atoms in total. The molecule has 1 aliphatic rings. The summed E-state index contributed by atoms with van der Waals surface area (Å²) < 4.78 is 26.3. The molecule has 0 atom stereocenters. The van der Waals surface area contributed by atoms with Crippen molar-refractivity contribution in [3.05, 3.63) is 29.3 Å². The first-order chi connectivity index (χ1) is 9.36. The predicted molar refractivity (Wildman–Crippen MR) is 75.5 cm³/mol. The molecule has 2 N–H and O–H groups in total. The minimum Gasteiger partial charge on any atom is -0.343 e. The Hall–Kier alpha value is -1.44. The van der Waals surface area contributed by atoms with Gasteiger partial charge >= 0.3 is 0 Å². The first kappa shape index (κ1) is 15.0. The van der Waals surface area contributed by atoms with E-state index in [2.05, 4.69) is 0 Å². The highest BCUT2D eigenvalue weighted by molar-refractivity contribution is 7.89. The van der Waals surface area contributed by atoms with E-state index in [4.69, 9.17) is 5.73 Å². The first-order valence-corrected chi connectivity index (χ1v) is 7.84. The zero-order valence-corrected chi connectivity index (χ0v) is 12.5. The number of rotatable bonds is 3. The largest absolute Gasteiger partial charge is 0.343 e. The van der Waals surface area contributed by atoms with Gasteiger partial charge in [-0.2, -0.15) is 4.31 Å². The van der Waals surface area contributed by atoms with Crippen molar-refractivity contribution < 1.29 is 13.2 Å². The first-order valence-electron chi connectivity index (χ1n) is 6.40. The van der Waals surface area contributed by atoms with E-state index in [0.717, 1.165) is 11.1 Å². The second-order valence-corrected chi connectivity index (χ2v) is 6.88. The molecule has 1 aliphatic heterocycles. The molecule has 1 aromatic rings. The maximum Gasteiger partial charge on any atom is 0.243 e. The van der Waals surface area contributed by atoms with Crippen molar-refractivity contribution in [1.29, 1.82) is 0 Å². The number of aryl methyl sites for hydroxylation is 1. The highest BCUT2D eigenvalue weighted by atomic mass is 32.2. The Morgan fingerprint density at radius 1 is 1.30 bits per heavy atom. The van der Waals surface area contributed by atoms with Crippen LogP contribution in [-0.4, -0.2) is 50.2 Å². The Balaban J connectivity index is 2.31. The molecule has 0 aliphatic carbocycles. The summed E-state index contributed by atoms with van der Waals surface area (Å²) in [4.78, 5) is 13.4. The highest BCUT2D eigenvalue weighted by Crippen LogP contribution is 2.20. The molecule has 2 rings (SSSR count). The fraction of sp³-hybridized carbons (Fsp3) is 0.462. The number of sulfonamides is 1. The van der Waals surface area contributed by atoms with Crippen molar-refractivity contribution in [3.63, 3.8) is 0 Å². The Morgan fingerprint density at radius 2 is 2.00 bits per heavy atom. The number of nitrogens with two attached hydrogens (primary N) is 1. The number of hydrogen-bond acceptors (Lipinski definition) is 4. The van der Waals surface area contributed by atoms with Crippen molar-refractivity contribution in [2.45, 2.75) is 18.4 Å². The quantitative estimate of drug-likeness (QED) is 0.845. The third kappa shape index (κ3) is 2.70. The van der Waals surface area contributed by atoms with Crippen LogP contribution in [0.3, 0.4) is 0 Å². The van der Waals surface area contributed by atoms with Crippen LogP contribution >= 0.6 is 0 Å². The van der Waals surface area contributed by atoms with Crippen LogP contribution in [0.2, 0.25) is 0 Å². The van der Waals surface area contributed by atoms with Crippen LogP contribution in [0.15, 0.2) is 23.1 Å². The molecule has 0 aromatic heterocycles. The smallest absolute Gasteiger partial charge is 0.243 e. The van der Waals surface area contributed by atoms with Crippen molar-refractivity contribution in [2.75, 3.05) is 26.7 Å². The molecule has 0 spiro atoms. The lowest BCUT2D eigenvalue weighted by Gasteiger charge is -2.31. The standard InChI is InChI=1S/C13H19N3O3S/c1-10-7-12(4-3-11(10)8-14)20(18,19)16-6-5-15(2)13(17)9-16/h3-4,7H,5-6,8-9,14H2,1-2H3. The summed E-state index contributed by atoms with van der Waals surface area (Å²) in [6, 6.07) is 4.88. The molecule has 110 valence electrons. The van der Waals surface area contributed by atoms with Gasteiger partial charge in [-0.05, 0) is 30.2 Å². The maximum atomic E-state index is 12.5. The molecule has 0 radical (unpaired) electrons. The van der Waals surface area contributed by atoms with E-state index < -0.39 is 10.0 Å². The van der Waals surface area contributed by atoms with Gasteiger partial charge in [0.1, 0.15) is 0 Å². The normalized spacial score (nSPS) is 17.6. The number of hydrogen-bond donors (Lipinski definition) is 1. The molecule has 1 fully saturated rings. The monoisotopic (exact) mass is 297 g/mol. The van der Waals surface area contributed by atoms with Crippen LogP contribution in [0.5, 0.6) is 0 Å². The summed E-state index contributed by atoms with van der Waals surface area (Å²) in [6.07, 6.45) is 0. The molecular weight excluding hydrogens is 278 g/mol. The van der Waals surface area contributed by atoms with E-state index in [-0.39, 0.29) is 17.3 Å². The summed E-state index contributed by atoms with van der Waals surface area (Å²) in [5.41, 5.74) is 7.33. The van der Waals surface area contributed by atoms with Crippen molar-refractivity contribution in [1.82, 2.24) is 9.21 Å². The Kier molecular flexibility index (Phi) is 4.12. The zero-order chi connectivity index (χ0) is 14.9. The van der Waals surface area contributed by atoms with Gasteiger partial charge in [0.2, 0.25) is 15.9 Å². The van der Waals surface area contributed by atoms with Gasteiger partial charge < -0.3 is 10.6 Å². The van der Waals surface area contributed by atoms with E-state index in [9.17, 15) is 13.2 Å². The van der Waals surface area contributed by atoms with Crippen molar-refractivity contribution >= 4 is 15.9 Å². The molecule has 1 amide bonds. The highest BCUT2D eigenvalue weighted by Gasteiger charge is 2.31. The van der Waals surface area contributed by atoms with Gasteiger partial charge in [0, 0.05) is 26.7 Å².